The summed E-state index contributed by atoms with van der Waals surface area (Å²) < 4.78 is 5.25. The summed E-state index contributed by atoms with van der Waals surface area (Å²) in [5.74, 6) is -0.191. The molecule has 0 spiro atoms. The Morgan fingerprint density at radius 3 is 2.86 bits per heavy atom. The monoisotopic (exact) mass is 192 g/mol. The molecule has 1 atom stereocenters. The Morgan fingerprint density at radius 2 is 2.21 bits per heavy atom. The van der Waals surface area contributed by atoms with Crippen molar-refractivity contribution in [2.45, 2.75) is 5.60 Å². The van der Waals surface area contributed by atoms with E-state index in [2.05, 4.69) is 5.32 Å². The maximum atomic E-state index is 11.7. The van der Waals surface area contributed by atoms with Gasteiger partial charge in [-0.2, -0.15) is 0 Å². The highest BCUT2D eigenvalue weighted by molar-refractivity contribution is 6.05. The average molecular weight is 192 g/mol. The standard InChI is InChI=1S/C10H12N2O2/c1-14-10(6-11)7-4-2-3-5-8(7)12-9(10)13/h2-5H,6,11H2,1H3,(H,12,13). The fourth-order valence-corrected chi connectivity index (χ4v) is 1.78. The van der Waals surface area contributed by atoms with Crippen molar-refractivity contribution in [3.63, 3.8) is 0 Å². The largest absolute Gasteiger partial charge is 0.362 e. The van der Waals surface area contributed by atoms with Crippen LogP contribution in [0.15, 0.2) is 24.3 Å². The van der Waals surface area contributed by atoms with Crippen molar-refractivity contribution in [2.24, 2.45) is 5.73 Å². The number of benzene rings is 1. The van der Waals surface area contributed by atoms with Crippen LogP contribution < -0.4 is 11.1 Å². The quantitative estimate of drug-likeness (QED) is 0.714. The smallest absolute Gasteiger partial charge is 0.262 e. The molecule has 1 aromatic rings. The van der Waals surface area contributed by atoms with Gasteiger partial charge in [-0.1, -0.05) is 18.2 Å². The first kappa shape index (κ1) is 9.18. The molecule has 3 N–H and O–H groups in total. The molecule has 1 heterocycles. The third-order valence-electron chi connectivity index (χ3n) is 2.61. The van der Waals surface area contributed by atoms with Crippen molar-refractivity contribution in [3.05, 3.63) is 29.8 Å². The number of nitrogens with one attached hydrogen (secondary N) is 1. The lowest BCUT2D eigenvalue weighted by atomic mass is 9.95. The van der Waals surface area contributed by atoms with Crippen LogP contribution in [0.3, 0.4) is 0 Å². The highest BCUT2D eigenvalue weighted by Gasteiger charge is 2.45. The van der Waals surface area contributed by atoms with Gasteiger partial charge in [0.15, 0.2) is 5.60 Å². The van der Waals surface area contributed by atoms with Crippen molar-refractivity contribution in [3.8, 4) is 0 Å². The molecule has 0 saturated carbocycles. The van der Waals surface area contributed by atoms with E-state index in [-0.39, 0.29) is 12.5 Å². The van der Waals surface area contributed by atoms with E-state index < -0.39 is 5.60 Å². The average Bonchev–Trinajstić information content (AvgIpc) is 2.50. The lowest BCUT2D eigenvalue weighted by Gasteiger charge is -2.23. The van der Waals surface area contributed by atoms with Gasteiger partial charge in [0, 0.05) is 24.9 Å². The molecular formula is C10H12N2O2. The van der Waals surface area contributed by atoms with E-state index in [9.17, 15) is 4.79 Å². The number of hydrogen-bond acceptors (Lipinski definition) is 3. The molecule has 0 aliphatic carbocycles. The van der Waals surface area contributed by atoms with E-state index in [4.69, 9.17) is 10.5 Å². The minimum atomic E-state index is -1.00. The number of fused-ring (bicyclic) bond motifs is 1. The third kappa shape index (κ3) is 0.981. The molecule has 1 aromatic carbocycles. The number of anilines is 1. The molecule has 0 fully saturated rings. The van der Waals surface area contributed by atoms with Gasteiger partial charge in [-0.05, 0) is 6.07 Å². The predicted octanol–water partition coefficient (Wildman–Crippen LogP) is 0.439. The van der Waals surface area contributed by atoms with Crippen LogP contribution in [0.5, 0.6) is 0 Å². The summed E-state index contributed by atoms with van der Waals surface area (Å²) in [6, 6.07) is 7.41. The van der Waals surface area contributed by atoms with Gasteiger partial charge in [0.25, 0.3) is 5.91 Å². The molecule has 1 aliphatic rings. The molecule has 1 amide bonds. The zero-order valence-corrected chi connectivity index (χ0v) is 7.91. The fourth-order valence-electron chi connectivity index (χ4n) is 1.78. The lowest BCUT2D eigenvalue weighted by Crippen LogP contribution is -2.43. The van der Waals surface area contributed by atoms with Gasteiger partial charge < -0.3 is 15.8 Å². The number of carbonyl (C=O) groups excluding carboxylic acids is 1. The van der Waals surface area contributed by atoms with Crippen molar-refractivity contribution >= 4 is 11.6 Å². The van der Waals surface area contributed by atoms with Crippen molar-refractivity contribution < 1.29 is 9.53 Å². The second kappa shape index (κ2) is 3.08. The molecule has 0 radical (unpaired) electrons. The van der Waals surface area contributed by atoms with E-state index in [0.29, 0.717) is 0 Å². The second-order valence-corrected chi connectivity index (χ2v) is 3.23. The van der Waals surface area contributed by atoms with Gasteiger partial charge >= 0.3 is 0 Å². The molecule has 4 nitrogen and oxygen atoms in total. The van der Waals surface area contributed by atoms with Crippen molar-refractivity contribution in [1.82, 2.24) is 0 Å². The maximum Gasteiger partial charge on any atom is 0.262 e. The van der Waals surface area contributed by atoms with Crippen LogP contribution in [-0.2, 0) is 15.1 Å². The van der Waals surface area contributed by atoms with E-state index in [1.54, 1.807) is 0 Å². The summed E-state index contributed by atoms with van der Waals surface area (Å²) in [5.41, 5.74) is 6.19. The van der Waals surface area contributed by atoms with Crippen LogP contribution in [0.25, 0.3) is 0 Å². The van der Waals surface area contributed by atoms with Crippen LogP contribution in [0.4, 0.5) is 5.69 Å². The van der Waals surface area contributed by atoms with Crippen LogP contribution in [0, 0.1) is 0 Å². The molecule has 14 heavy (non-hydrogen) atoms. The number of nitrogens with two attached hydrogens (primary N) is 1. The topological polar surface area (TPSA) is 64.3 Å². The number of amides is 1. The summed E-state index contributed by atoms with van der Waals surface area (Å²) in [5, 5.41) is 2.75. The van der Waals surface area contributed by atoms with E-state index in [0.717, 1.165) is 11.3 Å². The lowest BCUT2D eigenvalue weighted by molar-refractivity contribution is -0.136. The summed E-state index contributed by atoms with van der Waals surface area (Å²) >= 11 is 0. The van der Waals surface area contributed by atoms with Gasteiger partial charge in [0.05, 0.1) is 0 Å². The third-order valence-corrected chi connectivity index (χ3v) is 2.61. The van der Waals surface area contributed by atoms with Gasteiger partial charge in [-0.25, -0.2) is 0 Å². The Hall–Kier alpha value is -1.39. The molecule has 1 unspecified atom stereocenters. The normalized spacial score (nSPS) is 24.6. The van der Waals surface area contributed by atoms with Gasteiger partial charge in [-0.15, -0.1) is 0 Å². The highest BCUT2D eigenvalue weighted by atomic mass is 16.5. The van der Waals surface area contributed by atoms with Gasteiger partial charge in [0.1, 0.15) is 0 Å². The molecule has 4 heteroatoms. The highest BCUT2D eigenvalue weighted by Crippen LogP contribution is 2.37. The number of methoxy groups -OCH3 is 1. The predicted molar refractivity (Wildman–Crippen MR) is 52.8 cm³/mol. The Labute approximate surface area is 82.1 Å². The molecule has 0 bridgehead atoms. The minimum absolute atomic E-state index is 0.145. The Kier molecular flexibility index (Phi) is 2.02. The number of hydrogen-bond donors (Lipinski definition) is 2. The van der Waals surface area contributed by atoms with Crippen molar-refractivity contribution in [2.75, 3.05) is 19.0 Å². The fraction of sp³-hybridized carbons (Fsp3) is 0.300. The molecule has 74 valence electrons. The zero-order chi connectivity index (χ0) is 10.2. The Morgan fingerprint density at radius 1 is 1.50 bits per heavy atom. The van der Waals surface area contributed by atoms with E-state index >= 15 is 0 Å². The number of ether oxygens (including phenoxy) is 1. The molecule has 0 saturated heterocycles. The van der Waals surface area contributed by atoms with E-state index in [1.807, 2.05) is 24.3 Å². The summed E-state index contributed by atoms with van der Waals surface area (Å²) in [6.45, 7) is 0.145. The second-order valence-electron chi connectivity index (χ2n) is 3.23. The Balaban J connectivity index is 2.58. The maximum absolute atomic E-state index is 11.7. The van der Waals surface area contributed by atoms with Crippen LogP contribution in [-0.4, -0.2) is 19.6 Å². The zero-order valence-electron chi connectivity index (χ0n) is 7.91. The van der Waals surface area contributed by atoms with Crippen LogP contribution in [0.1, 0.15) is 5.56 Å². The number of rotatable bonds is 2. The van der Waals surface area contributed by atoms with Crippen LogP contribution in [0.2, 0.25) is 0 Å². The summed E-state index contributed by atoms with van der Waals surface area (Å²) in [4.78, 5) is 11.7. The molecule has 2 rings (SSSR count). The van der Waals surface area contributed by atoms with Crippen molar-refractivity contribution in [1.29, 1.82) is 0 Å². The Bertz CT molecular complexity index is 372. The van der Waals surface area contributed by atoms with E-state index in [1.165, 1.54) is 7.11 Å². The van der Waals surface area contributed by atoms with Gasteiger partial charge in [0.2, 0.25) is 0 Å². The minimum Gasteiger partial charge on any atom is -0.362 e. The summed E-state index contributed by atoms with van der Waals surface area (Å²) in [7, 11) is 1.49. The first-order valence-corrected chi connectivity index (χ1v) is 4.41. The summed E-state index contributed by atoms with van der Waals surface area (Å²) in [6.07, 6.45) is 0. The number of carbonyl (C=O) groups is 1. The molecular weight excluding hydrogens is 180 g/mol. The number of para-hydroxylation sites is 1. The molecule has 0 aromatic heterocycles. The molecule has 1 aliphatic heterocycles. The van der Waals surface area contributed by atoms with Crippen LogP contribution >= 0.6 is 0 Å². The first-order valence-electron chi connectivity index (χ1n) is 4.41. The SMILES string of the molecule is COC1(CN)C(=O)Nc2ccccc21. The van der Waals surface area contributed by atoms with Gasteiger partial charge in [-0.3, -0.25) is 4.79 Å². The first-order chi connectivity index (χ1) is 6.74.